The summed E-state index contributed by atoms with van der Waals surface area (Å²) >= 11 is 0. The molecule has 9 unspecified atom stereocenters. The van der Waals surface area contributed by atoms with Gasteiger partial charge >= 0.3 is 0 Å². The summed E-state index contributed by atoms with van der Waals surface area (Å²) in [6, 6.07) is 11.2. The number of aliphatic hydroxyl groups is 8. The van der Waals surface area contributed by atoms with Gasteiger partial charge in [0.15, 0.2) is 6.29 Å². The number of nitrogens with one attached hydrogen (secondary N) is 1. The molecule has 3 aromatic rings. The van der Waals surface area contributed by atoms with Gasteiger partial charge in [-0.25, -0.2) is 4.98 Å². The number of H-pyrrole nitrogens is 1. The minimum atomic E-state index is -1.87. The summed E-state index contributed by atoms with van der Waals surface area (Å²) in [4.78, 5) is 7.22. The smallest absolute Gasteiger partial charge is 0.187 e. The summed E-state index contributed by atoms with van der Waals surface area (Å²) in [5.41, 5.74) is 1.11. The van der Waals surface area contributed by atoms with Crippen LogP contribution in [-0.4, -0.2) is 113 Å². The van der Waals surface area contributed by atoms with Crippen molar-refractivity contribution in [3.05, 3.63) is 42.2 Å². The lowest BCUT2D eigenvalue weighted by molar-refractivity contribution is -0.327. The van der Waals surface area contributed by atoms with Gasteiger partial charge in [0, 0.05) is 0 Å². The molecule has 1 aliphatic rings. The fraction of sp³-hybridized carbons (Fsp3) is 0.500. The highest BCUT2D eigenvalue weighted by atomic mass is 16.7. The summed E-state index contributed by atoms with van der Waals surface area (Å²) in [5.74, 6) is -0.0367. The zero-order chi connectivity index (χ0) is 24.6. The fourth-order valence-corrected chi connectivity index (χ4v) is 4.04. The van der Waals surface area contributed by atoms with Gasteiger partial charge in [-0.2, -0.15) is 0 Å². The maximum absolute atomic E-state index is 10.8. The van der Waals surface area contributed by atoms with E-state index in [1.165, 1.54) is 0 Å². The Bertz CT molecular complexity index is 1060. The highest BCUT2D eigenvalue weighted by Gasteiger charge is 2.47. The van der Waals surface area contributed by atoms with E-state index in [9.17, 15) is 40.9 Å². The molecule has 0 bridgehead atoms. The van der Waals surface area contributed by atoms with Gasteiger partial charge < -0.3 is 55.3 Å². The highest BCUT2D eigenvalue weighted by Crippen LogP contribution is 2.29. The van der Waals surface area contributed by atoms with Crippen LogP contribution in [0, 0.1) is 0 Å². The summed E-state index contributed by atoms with van der Waals surface area (Å²) in [6.07, 6.45) is -15.2. The number of nitrogens with zero attached hydrogens (tertiary/aromatic N) is 1. The average molecular weight is 480 g/mol. The predicted octanol–water partition coefficient (Wildman–Crippen LogP) is -2.35. The number of aliphatic hydroxyl groups excluding tert-OH is 8. The summed E-state index contributed by atoms with van der Waals surface area (Å²) < 4.78 is 10.7. The first-order chi connectivity index (χ1) is 16.2. The van der Waals surface area contributed by atoms with Gasteiger partial charge in [-0.1, -0.05) is 24.3 Å². The van der Waals surface area contributed by atoms with Crippen LogP contribution in [-0.2, 0) is 9.47 Å². The van der Waals surface area contributed by atoms with Crippen molar-refractivity contribution in [2.24, 2.45) is 0 Å². The normalized spacial score (nSPS) is 29.2. The molecule has 9 N–H and O–H groups in total. The Balaban J connectivity index is 1.58. The molecule has 186 valence electrons. The van der Waals surface area contributed by atoms with Crippen molar-refractivity contribution >= 4 is 21.8 Å². The molecule has 0 amide bonds. The van der Waals surface area contributed by atoms with Gasteiger partial charge in [-0.05, 0) is 22.9 Å². The second kappa shape index (κ2) is 10.2. The first kappa shape index (κ1) is 24.9. The van der Waals surface area contributed by atoms with Crippen LogP contribution in [0.3, 0.4) is 0 Å². The Kier molecular flexibility index (Phi) is 7.45. The van der Waals surface area contributed by atoms with E-state index >= 15 is 0 Å². The number of fused-ring (bicyclic) bond motifs is 2. The first-order valence-electron chi connectivity index (χ1n) is 10.7. The standard InChI is InChI=1S/C22H28N2O10/c25-7-13(27)20(34-22-19(32)16(29)15(28)14(8-26)33-22)17(30)18(31)21-23-11-5-9-3-1-2-4-10(9)6-12(11)24-21/h1-6,13-20,22,25-32H,7-8H2,(H,23,24). The third-order valence-electron chi connectivity index (χ3n) is 6.01. The van der Waals surface area contributed by atoms with Gasteiger partial charge in [-0.15, -0.1) is 0 Å². The van der Waals surface area contributed by atoms with Crippen molar-refractivity contribution in [3.63, 3.8) is 0 Å². The van der Waals surface area contributed by atoms with E-state index in [0.29, 0.717) is 11.0 Å². The third kappa shape index (κ3) is 4.65. The number of imidazole rings is 1. The Morgan fingerprint density at radius 2 is 1.65 bits per heavy atom. The van der Waals surface area contributed by atoms with E-state index in [4.69, 9.17) is 9.47 Å². The molecule has 9 atom stereocenters. The lowest BCUT2D eigenvalue weighted by atomic mass is 9.98. The van der Waals surface area contributed by atoms with Crippen LogP contribution >= 0.6 is 0 Å². The number of aromatic amines is 1. The van der Waals surface area contributed by atoms with E-state index in [0.717, 1.165) is 10.8 Å². The van der Waals surface area contributed by atoms with Gasteiger partial charge in [0.1, 0.15) is 54.7 Å². The van der Waals surface area contributed by atoms with Crippen LogP contribution < -0.4 is 0 Å². The molecule has 1 saturated heterocycles. The summed E-state index contributed by atoms with van der Waals surface area (Å²) in [6.45, 7) is -1.59. The lowest BCUT2D eigenvalue weighted by Crippen LogP contribution is -2.61. The van der Waals surface area contributed by atoms with Crippen LogP contribution in [0.5, 0.6) is 0 Å². The molecule has 12 nitrogen and oxygen atoms in total. The zero-order valence-corrected chi connectivity index (χ0v) is 17.9. The van der Waals surface area contributed by atoms with Crippen LogP contribution in [0.4, 0.5) is 0 Å². The summed E-state index contributed by atoms with van der Waals surface area (Å²) in [5, 5.41) is 82.5. The minimum absolute atomic E-state index is 0.0367. The Labute approximate surface area is 193 Å². The van der Waals surface area contributed by atoms with Crippen molar-refractivity contribution in [1.82, 2.24) is 9.97 Å². The first-order valence-corrected chi connectivity index (χ1v) is 10.7. The molecule has 1 aromatic heterocycles. The van der Waals surface area contributed by atoms with E-state index in [2.05, 4.69) is 9.97 Å². The third-order valence-corrected chi connectivity index (χ3v) is 6.01. The molecule has 4 rings (SSSR count). The number of aromatic nitrogens is 2. The highest BCUT2D eigenvalue weighted by molar-refractivity contribution is 5.95. The molecule has 2 heterocycles. The topological polar surface area (TPSA) is 209 Å². The van der Waals surface area contributed by atoms with E-state index in [-0.39, 0.29) is 5.82 Å². The predicted molar refractivity (Wildman–Crippen MR) is 116 cm³/mol. The molecular formula is C22H28N2O10. The van der Waals surface area contributed by atoms with Crippen LogP contribution in [0.2, 0.25) is 0 Å². The van der Waals surface area contributed by atoms with Crippen LogP contribution in [0.1, 0.15) is 11.9 Å². The number of hydrogen-bond donors (Lipinski definition) is 9. The molecule has 0 radical (unpaired) electrons. The van der Waals surface area contributed by atoms with Gasteiger partial charge in [0.05, 0.1) is 24.2 Å². The number of rotatable bonds is 8. The number of hydrogen-bond acceptors (Lipinski definition) is 11. The molecular weight excluding hydrogens is 452 g/mol. The van der Waals surface area contributed by atoms with Crippen LogP contribution in [0.25, 0.3) is 21.8 Å². The van der Waals surface area contributed by atoms with Gasteiger partial charge in [0.2, 0.25) is 0 Å². The Morgan fingerprint density at radius 1 is 0.971 bits per heavy atom. The summed E-state index contributed by atoms with van der Waals surface area (Å²) in [7, 11) is 0. The van der Waals surface area contributed by atoms with Crippen molar-refractivity contribution in [2.45, 2.75) is 55.1 Å². The maximum atomic E-state index is 10.8. The molecule has 1 aliphatic heterocycles. The van der Waals surface area contributed by atoms with Gasteiger partial charge in [-0.3, -0.25) is 0 Å². The Hall–Kier alpha value is -2.23. The zero-order valence-electron chi connectivity index (χ0n) is 17.9. The monoisotopic (exact) mass is 480 g/mol. The van der Waals surface area contributed by atoms with E-state index < -0.39 is 68.3 Å². The van der Waals surface area contributed by atoms with Crippen molar-refractivity contribution < 1.29 is 50.3 Å². The quantitative estimate of drug-likeness (QED) is 0.167. The van der Waals surface area contributed by atoms with E-state index in [1.807, 2.05) is 30.3 Å². The molecule has 0 aliphatic carbocycles. The van der Waals surface area contributed by atoms with Crippen LogP contribution in [0.15, 0.2) is 36.4 Å². The van der Waals surface area contributed by atoms with Crippen molar-refractivity contribution in [1.29, 1.82) is 0 Å². The largest absolute Gasteiger partial charge is 0.394 e. The molecule has 1 fully saturated rings. The number of benzene rings is 2. The SMILES string of the molecule is OCC(O)C(OC1OC(CO)C(O)C(O)C1O)C(O)C(O)c1nc2cc3ccccc3cc2[nH]1. The van der Waals surface area contributed by atoms with E-state index in [1.54, 1.807) is 6.07 Å². The average Bonchev–Trinajstić information content (AvgIpc) is 3.27. The maximum Gasteiger partial charge on any atom is 0.187 e. The molecule has 34 heavy (non-hydrogen) atoms. The molecule has 2 aromatic carbocycles. The Morgan fingerprint density at radius 3 is 2.29 bits per heavy atom. The van der Waals surface area contributed by atoms with Gasteiger partial charge in [0.25, 0.3) is 0 Å². The number of ether oxygens (including phenoxy) is 2. The molecule has 12 heteroatoms. The lowest BCUT2D eigenvalue weighted by Gasteiger charge is -2.42. The minimum Gasteiger partial charge on any atom is -0.394 e. The molecule has 0 spiro atoms. The second-order valence-electron chi connectivity index (χ2n) is 8.32. The fourth-order valence-electron chi connectivity index (χ4n) is 4.04. The van der Waals surface area contributed by atoms with Crippen molar-refractivity contribution in [3.8, 4) is 0 Å². The molecule has 0 saturated carbocycles. The second-order valence-corrected chi connectivity index (χ2v) is 8.32. The van der Waals surface area contributed by atoms with Crippen molar-refractivity contribution in [2.75, 3.05) is 13.2 Å².